The first-order valence-corrected chi connectivity index (χ1v) is 7.88. The van der Waals surface area contributed by atoms with Gasteiger partial charge in [0.05, 0.1) is 19.3 Å². The van der Waals surface area contributed by atoms with Gasteiger partial charge in [0.25, 0.3) is 0 Å². The van der Waals surface area contributed by atoms with Gasteiger partial charge in [-0.1, -0.05) is 23.8 Å². The molecule has 2 aliphatic rings. The highest BCUT2D eigenvalue weighted by Gasteiger charge is 2.32. The van der Waals surface area contributed by atoms with E-state index in [0.717, 1.165) is 32.8 Å². The first kappa shape index (κ1) is 14.1. The number of morpholine rings is 1. The van der Waals surface area contributed by atoms with E-state index in [0.29, 0.717) is 12.1 Å². The fourth-order valence-electron chi connectivity index (χ4n) is 3.66. The minimum absolute atomic E-state index is 0.502. The molecule has 0 amide bonds. The van der Waals surface area contributed by atoms with Crippen LogP contribution < -0.4 is 5.32 Å². The van der Waals surface area contributed by atoms with Gasteiger partial charge in [-0.25, -0.2) is 0 Å². The van der Waals surface area contributed by atoms with Crippen LogP contribution in [0.3, 0.4) is 0 Å². The van der Waals surface area contributed by atoms with Crippen molar-refractivity contribution in [1.82, 2.24) is 10.2 Å². The lowest BCUT2D eigenvalue weighted by Gasteiger charge is -2.39. The Labute approximate surface area is 122 Å². The zero-order chi connectivity index (χ0) is 13.9. The van der Waals surface area contributed by atoms with Crippen molar-refractivity contribution in [2.45, 2.75) is 38.8 Å². The molecule has 2 unspecified atom stereocenters. The third kappa shape index (κ3) is 2.90. The highest BCUT2D eigenvalue weighted by Crippen LogP contribution is 2.32. The second-order valence-corrected chi connectivity index (χ2v) is 6.16. The van der Waals surface area contributed by atoms with Crippen LogP contribution in [0.15, 0.2) is 18.2 Å². The maximum Gasteiger partial charge on any atom is 0.0594 e. The molecule has 2 saturated heterocycles. The molecule has 0 bridgehead atoms. The summed E-state index contributed by atoms with van der Waals surface area (Å²) in [6.07, 6.45) is 2.59. The fourth-order valence-corrected chi connectivity index (χ4v) is 3.66. The lowest BCUT2D eigenvalue weighted by Crippen LogP contribution is -2.46. The third-order valence-electron chi connectivity index (χ3n) is 4.66. The van der Waals surface area contributed by atoms with Gasteiger partial charge in [-0.05, 0) is 44.4 Å². The molecule has 2 heterocycles. The highest BCUT2D eigenvalue weighted by atomic mass is 16.5. The van der Waals surface area contributed by atoms with E-state index in [1.165, 1.54) is 29.5 Å². The van der Waals surface area contributed by atoms with Crippen LogP contribution >= 0.6 is 0 Å². The van der Waals surface area contributed by atoms with E-state index in [1.807, 2.05) is 0 Å². The Bertz CT molecular complexity index is 448. The summed E-state index contributed by atoms with van der Waals surface area (Å²) in [4.78, 5) is 2.62. The van der Waals surface area contributed by atoms with Crippen molar-refractivity contribution in [3.05, 3.63) is 34.9 Å². The maximum atomic E-state index is 5.54. The van der Waals surface area contributed by atoms with Crippen molar-refractivity contribution >= 4 is 0 Å². The van der Waals surface area contributed by atoms with E-state index in [2.05, 4.69) is 42.3 Å². The summed E-state index contributed by atoms with van der Waals surface area (Å²) in [6, 6.07) is 8.00. The molecule has 110 valence electrons. The Morgan fingerprint density at radius 1 is 1.25 bits per heavy atom. The lowest BCUT2D eigenvalue weighted by atomic mass is 9.91. The Kier molecular flexibility index (Phi) is 4.39. The number of benzene rings is 1. The first-order chi connectivity index (χ1) is 9.75. The zero-order valence-corrected chi connectivity index (χ0v) is 12.7. The molecule has 2 aliphatic heterocycles. The van der Waals surface area contributed by atoms with Crippen molar-refractivity contribution in [3.63, 3.8) is 0 Å². The predicted molar refractivity (Wildman–Crippen MR) is 82.1 cm³/mol. The van der Waals surface area contributed by atoms with Crippen molar-refractivity contribution in [1.29, 1.82) is 0 Å². The van der Waals surface area contributed by atoms with E-state index >= 15 is 0 Å². The summed E-state index contributed by atoms with van der Waals surface area (Å²) in [5.74, 6) is 0. The molecule has 2 atom stereocenters. The van der Waals surface area contributed by atoms with Crippen LogP contribution in [0.4, 0.5) is 0 Å². The number of nitrogens with zero attached hydrogens (tertiary/aromatic N) is 1. The summed E-state index contributed by atoms with van der Waals surface area (Å²) >= 11 is 0. The third-order valence-corrected chi connectivity index (χ3v) is 4.66. The van der Waals surface area contributed by atoms with Crippen LogP contribution in [0.1, 0.15) is 35.6 Å². The fraction of sp³-hybridized carbons (Fsp3) is 0.647. The summed E-state index contributed by atoms with van der Waals surface area (Å²) in [6.45, 7) is 9.43. The number of nitrogens with one attached hydrogen (secondary N) is 1. The monoisotopic (exact) mass is 274 g/mol. The first-order valence-electron chi connectivity index (χ1n) is 7.88. The molecule has 3 nitrogen and oxygen atoms in total. The average Bonchev–Trinajstić information content (AvgIpc) is 2.97. The van der Waals surface area contributed by atoms with Crippen LogP contribution in [0.25, 0.3) is 0 Å². The molecule has 1 N–H and O–H groups in total. The van der Waals surface area contributed by atoms with Crippen LogP contribution in [0.5, 0.6) is 0 Å². The Balaban J connectivity index is 1.90. The molecule has 1 aromatic rings. The molecule has 1 aromatic carbocycles. The van der Waals surface area contributed by atoms with E-state index in [9.17, 15) is 0 Å². The number of rotatable bonds is 3. The van der Waals surface area contributed by atoms with Gasteiger partial charge in [-0.2, -0.15) is 0 Å². The summed E-state index contributed by atoms with van der Waals surface area (Å²) < 4.78 is 5.54. The summed E-state index contributed by atoms with van der Waals surface area (Å²) in [5.41, 5.74) is 4.28. The van der Waals surface area contributed by atoms with E-state index in [-0.39, 0.29) is 0 Å². The summed E-state index contributed by atoms with van der Waals surface area (Å²) in [5, 5.41) is 3.71. The van der Waals surface area contributed by atoms with E-state index < -0.39 is 0 Å². The largest absolute Gasteiger partial charge is 0.379 e. The molecule has 3 rings (SSSR count). The van der Waals surface area contributed by atoms with E-state index in [4.69, 9.17) is 4.74 Å². The zero-order valence-electron chi connectivity index (χ0n) is 12.7. The van der Waals surface area contributed by atoms with Gasteiger partial charge in [-0.3, -0.25) is 4.90 Å². The smallest absolute Gasteiger partial charge is 0.0594 e. The molecule has 0 spiro atoms. The molecule has 0 radical (unpaired) electrons. The van der Waals surface area contributed by atoms with Crippen molar-refractivity contribution in [2.24, 2.45) is 0 Å². The SMILES string of the molecule is Cc1ccc(C(C2CCCN2)N2CCOCC2)c(C)c1. The second kappa shape index (κ2) is 6.25. The number of hydrogen-bond donors (Lipinski definition) is 1. The molecule has 20 heavy (non-hydrogen) atoms. The minimum atomic E-state index is 0.502. The van der Waals surface area contributed by atoms with Crippen molar-refractivity contribution < 1.29 is 4.74 Å². The Morgan fingerprint density at radius 3 is 2.70 bits per heavy atom. The van der Waals surface area contributed by atoms with Gasteiger partial charge < -0.3 is 10.1 Å². The van der Waals surface area contributed by atoms with Gasteiger partial charge in [-0.15, -0.1) is 0 Å². The molecule has 0 saturated carbocycles. The Hall–Kier alpha value is -0.900. The molecule has 0 aliphatic carbocycles. The van der Waals surface area contributed by atoms with Crippen molar-refractivity contribution in [2.75, 3.05) is 32.8 Å². The molecule has 3 heteroatoms. The predicted octanol–water partition coefficient (Wildman–Crippen LogP) is 2.43. The quantitative estimate of drug-likeness (QED) is 0.916. The molecular formula is C17H26N2O. The maximum absolute atomic E-state index is 5.54. The molecule has 2 fully saturated rings. The second-order valence-electron chi connectivity index (χ2n) is 6.16. The molecular weight excluding hydrogens is 248 g/mol. The van der Waals surface area contributed by atoms with Crippen LogP contribution in [0.2, 0.25) is 0 Å². The average molecular weight is 274 g/mol. The van der Waals surface area contributed by atoms with E-state index in [1.54, 1.807) is 0 Å². The van der Waals surface area contributed by atoms with Crippen molar-refractivity contribution in [3.8, 4) is 0 Å². The number of aryl methyl sites for hydroxylation is 2. The van der Waals surface area contributed by atoms with Gasteiger partial charge in [0.1, 0.15) is 0 Å². The van der Waals surface area contributed by atoms with Gasteiger partial charge in [0.15, 0.2) is 0 Å². The highest BCUT2D eigenvalue weighted by molar-refractivity contribution is 5.34. The molecule has 0 aromatic heterocycles. The lowest BCUT2D eigenvalue weighted by molar-refractivity contribution is 0.00860. The van der Waals surface area contributed by atoms with Crippen LogP contribution in [0, 0.1) is 13.8 Å². The number of hydrogen-bond acceptors (Lipinski definition) is 3. The van der Waals surface area contributed by atoms with Crippen LogP contribution in [-0.4, -0.2) is 43.8 Å². The van der Waals surface area contributed by atoms with Gasteiger partial charge in [0.2, 0.25) is 0 Å². The summed E-state index contributed by atoms with van der Waals surface area (Å²) in [7, 11) is 0. The normalized spacial score (nSPS) is 25.8. The standard InChI is InChI=1S/C17H26N2O/c1-13-5-6-15(14(2)12-13)17(16-4-3-7-18-16)19-8-10-20-11-9-19/h5-6,12,16-18H,3-4,7-11H2,1-2H3. The minimum Gasteiger partial charge on any atom is -0.379 e. The Morgan fingerprint density at radius 2 is 2.05 bits per heavy atom. The van der Waals surface area contributed by atoms with Crippen LogP contribution in [-0.2, 0) is 4.74 Å². The topological polar surface area (TPSA) is 24.5 Å². The van der Waals surface area contributed by atoms with Gasteiger partial charge >= 0.3 is 0 Å². The van der Waals surface area contributed by atoms with Gasteiger partial charge in [0, 0.05) is 19.1 Å². The number of ether oxygens (including phenoxy) is 1.